The van der Waals surface area contributed by atoms with Crippen molar-refractivity contribution in [3.05, 3.63) is 75.3 Å². The first-order chi connectivity index (χ1) is 18.1. The van der Waals surface area contributed by atoms with E-state index in [9.17, 15) is 4.79 Å². The quantitative estimate of drug-likeness (QED) is 0.370. The molecule has 1 aliphatic carbocycles. The second kappa shape index (κ2) is 9.97. The van der Waals surface area contributed by atoms with E-state index in [0.29, 0.717) is 19.1 Å². The standard InChI is InChI=1S/C28H32N6O3/c1-3-24(27-30-31-32-34(27)22-6-4-5-7-22)33(15-19-9-11-25-26(13-19)37-17-36-25)16-21-14-20-10-8-18(2)12-23(20)29-28(21)35/h8-14,22,24H,3-7,15-17H2,1-2H3,(H,29,35)/t24-/m1/s1. The van der Waals surface area contributed by atoms with Crippen LogP contribution < -0.4 is 15.0 Å². The Morgan fingerprint density at radius 3 is 2.76 bits per heavy atom. The Labute approximate surface area is 215 Å². The smallest absolute Gasteiger partial charge is 0.252 e. The van der Waals surface area contributed by atoms with Crippen LogP contribution in [0.5, 0.6) is 11.5 Å². The van der Waals surface area contributed by atoms with E-state index in [1.165, 1.54) is 12.8 Å². The molecule has 2 aliphatic rings. The topological polar surface area (TPSA) is 98.2 Å². The molecule has 1 fully saturated rings. The van der Waals surface area contributed by atoms with Crippen molar-refractivity contribution in [1.29, 1.82) is 0 Å². The first kappa shape index (κ1) is 23.7. The summed E-state index contributed by atoms with van der Waals surface area (Å²) in [6, 6.07) is 14.4. The van der Waals surface area contributed by atoms with Gasteiger partial charge in [0, 0.05) is 24.2 Å². The van der Waals surface area contributed by atoms with Gasteiger partial charge in [0.25, 0.3) is 5.56 Å². The van der Waals surface area contributed by atoms with E-state index in [2.05, 4.69) is 50.5 Å². The van der Waals surface area contributed by atoms with Crippen molar-refractivity contribution in [2.45, 2.75) is 71.1 Å². The highest BCUT2D eigenvalue weighted by Gasteiger charge is 2.30. The van der Waals surface area contributed by atoms with Crippen molar-refractivity contribution in [1.82, 2.24) is 30.1 Å². The van der Waals surface area contributed by atoms with Crippen molar-refractivity contribution >= 4 is 10.9 Å². The summed E-state index contributed by atoms with van der Waals surface area (Å²) in [5, 5.41) is 14.0. The lowest BCUT2D eigenvalue weighted by atomic mass is 10.1. The zero-order valence-electron chi connectivity index (χ0n) is 21.3. The molecule has 2 aromatic heterocycles. The minimum atomic E-state index is -0.0703. The highest BCUT2D eigenvalue weighted by molar-refractivity contribution is 5.79. The second-order valence-corrected chi connectivity index (χ2v) is 10.2. The highest BCUT2D eigenvalue weighted by atomic mass is 16.7. The van der Waals surface area contributed by atoms with Gasteiger partial charge in [-0.05, 0) is 77.4 Å². The molecule has 37 heavy (non-hydrogen) atoms. The average molecular weight is 501 g/mol. The summed E-state index contributed by atoms with van der Waals surface area (Å²) in [5.41, 5.74) is 3.70. The molecule has 6 rings (SSSR count). The Kier molecular flexibility index (Phi) is 6.38. The summed E-state index contributed by atoms with van der Waals surface area (Å²) in [7, 11) is 0. The molecular weight excluding hydrogens is 468 g/mol. The molecular formula is C28H32N6O3. The van der Waals surface area contributed by atoms with E-state index in [-0.39, 0.29) is 18.4 Å². The molecule has 4 aromatic rings. The van der Waals surface area contributed by atoms with Crippen LogP contribution in [0.4, 0.5) is 0 Å². The van der Waals surface area contributed by atoms with Crippen LogP contribution in [-0.2, 0) is 13.1 Å². The largest absolute Gasteiger partial charge is 0.454 e. The number of hydrogen-bond donors (Lipinski definition) is 1. The molecule has 9 nitrogen and oxygen atoms in total. The third kappa shape index (κ3) is 4.71. The SMILES string of the molecule is CC[C@H](c1nnnn1C1CCCC1)N(Cc1ccc2c(c1)OCO2)Cc1cc2ccc(C)cc2[nH]c1=O. The zero-order chi connectivity index (χ0) is 25.4. The van der Waals surface area contributed by atoms with Gasteiger partial charge in [-0.1, -0.05) is 38.0 Å². The number of ether oxygens (including phenoxy) is 2. The third-order valence-corrected chi connectivity index (χ3v) is 7.59. The van der Waals surface area contributed by atoms with Gasteiger partial charge in [-0.3, -0.25) is 9.69 Å². The monoisotopic (exact) mass is 500 g/mol. The van der Waals surface area contributed by atoms with Gasteiger partial charge in [-0.15, -0.1) is 5.10 Å². The molecule has 0 radical (unpaired) electrons. The van der Waals surface area contributed by atoms with E-state index >= 15 is 0 Å². The molecule has 0 spiro atoms. The van der Waals surface area contributed by atoms with Gasteiger partial charge in [0.2, 0.25) is 6.79 Å². The van der Waals surface area contributed by atoms with Gasteiger partial charge in [0.05, 0.1) is 12.1 Å². The molecule has 2 aromatic carbocycles. The summed E-state index contributed by atoms with van der Waals surface area (Å²) >= 11 is 0. The minimum Gasteiger partial charge on any atom is -0.454 e. The van der Waals surface area contributed by atoms with Crippen LogP contribution in [0.1, 0.15) is 73.6 Å². The van der Waals surface area contributed by atoms with Crippen LogP contribution in [0.15, 0.2) is 47.3 Å². The van der Waals surface area contributed by atoms with Crippen molar-refractivity contribution in [3.63, 3.8) is 0 Å². The average Bonchev–Trinajstić information content (AvgIpc) is 3.66. The number of fused-ring (bicyclic) bond motifs is 2. The Balaban J connectivity index is 1.38. The number of nitrogens with one attached hydrogen (secondary N) is 1. The number of aromatic amines is 1. The summed E-state index contributed by atoms with van der Waals surface area (Å²) in [6.45, 7) is 5.49. The summed E-state index contributed by atoms with van der Waals surface area (Å²) in [4.78, 5) is 18.6. The van der Waals surface area contributed by atoms with Crippen molar-refractivity contribution in [2.75, 3.05) is 6.79 Å². The molecule has 1 N–H and O–H groups in total. The minimum absolute atomic E-state index is 0.0610. The Morgan fingerprint density at radius 2 is 1.92 bits per heavy atom. The summed E-state index contributed by atoms with van der Waals surface area (Å²) in [5.74, 6) is 2.37. The number of hydrogen-bond acceptors (Lipinski definition) is 7. The van der Waals surface area contributed by atoms with E-state index in [4.69, 9.17) is 9.47 Å². The summed E-state index contributed by atoms with van der Waals surface area (Å²) in [6.07, 6.45) is 5.41. The third-order valence-electron chi connectivity index (χ3n) is 7.59. The van der Waals surface area contributed by atoms with Gasteiger partial charge in [-0.25, -0.2) is 4.68 Å². The Bertz CT molecular complexity index is 1470. The van der Waals surface area contributed by atoms with Gasteiger partial charge in [0.1, 0.15) is 0 Å². The highest BCUT2D eigenvalue weighted by Crippen LogP contribution is 2.36. The number of aryl methyl sites for hydroxylation is 1. The summed E-state index contributed by atoms with van der Waals surface area (Å²) < 4.78 is 13.2. The Hall–Kier alpha value is -3.72. The maximum Gasteiger partial charge on any atom is 0.252 e. The van der Waals surface area contributed by atoms with E-state index in [1.54, 1.807) is 0 Å². The number of aromatic nitrogens is 5. The lowest BCUT2D eigenvalue weighted by molar-refractivity contribution is 0.158. The van der Waals surface area contributed by atoms with Crippen molar-refractivity contribution in [2.24, 2.45) is 0 Å². The van der Waals surface area contributed by atoms with Crippen LogP contribution in [0.3, 0.4) is 0 Å². The molecule has 0 unspecified atom stereocenters. The zero-order valence-corrected chi connectivity index (χ0v) is 21.3. The molecule has 3 heterocycles. The number of rotatable bonds is 8. The van der Waals surface area contributed by atoms with Crippen molar-refractivity contribution < 1.29 is 9.47 Å². The van der Waals surface area contributed by atoms with Crippen molar-refractivity contribution in [3.8, 4) is 11.5 Å². The molecule has 1 saturated carbocycles. The van der Waals surface area contributed by atoms with E-state index in [1.807, 2.05) is 35.9 Å². The Morgan fingerprint density at radius 1 is 1.08 bits per heavy atom. The predicted octanol–water partition coefficient (Wildman–Crippen LogP) is 4.82. The van der Waals surface area contributed by atoms with E-state index in [0.717, 1.165) is 64.2 Å². The second-order valence-electron chi connectivity index (χ2n) is 10.2. The van der Waals surface area contributed by atoms with Gasteiger partial charge >= 0.3 is 0 Å². The fraction of sp³-hybridized carbons (Fsp3) is 0.429. The number of pyridine rings is 1. The van der Waals surface area contributed by atoms with Crippen LogP contribution in [0.2, 0.25) is 0 Å². The fourth-order valence-corrected chi connectivity index (χ4v) is 5.68. The molecule has 0 saturated heterocycles. The lowest BCUT2D eigenvalue weighted by Gasteiger charge is -2.31. The van der Waals surface area contributed by atoms with Gasteiger partial charge in [0.15, 0.2) is 17.3 Å². The predicted molar refractivity (Wildman–Crippen MR) is 139 cm³/mol. The first-order valence-electron chi connectivity index (χ1n) is 13.1. The molecule has 1 aliphatic heterocycles. The first-order valence-corrected chi connectivity index (χ1v) is 13.1. The number of H-pyrrole nitrogens is 1. The number of tetrazole rings is 1. The molecule has 192 valence electrons. The normalized spacial score (nSPS) is 16.2. The molecule has 0 amide bonds. The van der Waals surface area contributed by atoms with Gasteiger partial charge < -0.3 is 14.5 Å². The van der Waals surface area contributed by atoms with E-state index < -0.39 is 0 Å². The maximum absolute atomic E-state index is 13.2. The molecule has 9 heteroatoms. The van der Waals surface area contributed by atoms with Crippen LogP contribution in [0, 0.1) is 6.92 Å². The maximum atomic E-state index is 13.2. The number of benzene rings is 2. The molecule has 0 bridgehead atoms. The lowest BCUT2D eigenvalue weighted by Crippen LogP contribution is -2.32. The van der Waals surface area contributed by atoms with Crippen LogP contribution in [-0.4, -0.2) is 36.9 Å². The van der Waals surface area contributed by atoms with Crippen LogP contribution in [0.25, 0.3) is 10.9 Å². The fourth-order valence-electron chi connectivity index (χ4n) is 5.68. The van der Waals surface area contributed by atoms with Gasteiger partial charge in [-0.2, -0.15) is 0 Å². The van der Waals surface area contributed by atoms with Crippen LogP contribution >= 0.6 is 0 Å². The number of nitrogens with zero attached hydrogens (tertiary/aromatic N) is 5. The molecule has 1 atom stereocenters.